The second kappa shape index (κ2) is 7.43. The van der Waals surface area contributed by atoms with Crippen LogP contribution in [0.2, 0.25) is 0 Å². The van der Waals surface area contributed by atoms with Gasteiger partial charge >= 0.3 is 5.97 Å². The molecule has 4 aliphatic carbocycles. The smallest absolute Gasteiger partial charge is 0.310 e. The Labute approximate surface area is 199 Å². The van der Waals surface area contributed by atoms with Crippen LogP contribution in [0.4, 0.5) is 4.39 Å². The molecule has 1 saturated heterocycles. The summed E-state index contributed by atoms with van der Waals surface area (Å²) < 4.78 is 28.4. The van der Waals surface area contributed by atoms with Gasteiger partial charge in [-0.1, -0.05) is 13.8 Å². The Morgan fingerprint density at radius 3 is 2.65 bits per heavy atom. The van der Waals surface area contributed by atoms with Crippen LogP contribution in [0.15, 0.2) is 11.6 Å². The van der Waals surface area contributed by atoms with E-state index in [0.29, 0.717) is 31.1 Å². The van der Waals surface area contributed by atoms with Crippen LogP contribution in [0.1, 0.15) is 66.2 Å². The second-order valence-corrected chi connectivity index (χ2v) is 12.1. The third kappa shape index (κ3) is 2.94. The van der Waals surface area contributed by atoms with Crippen LogP contribution in [0, 0.1) is 34.5 Å². The van der Waals surface area contributed by atoms with Crippen LogP contribution >= 0.6 is 0 Å². The molecule has 188 valence electrons. The average Bonchev–Trinajstić information content (AvgIpc) is 3.12. The number of halogens is 1. The molecular weight excluding hydrogens is 443 g/mol. The van der Waals surface area contributed by atoms with Gasteiger partial charge in [-0.2, -0.15) is 0 Å². The third-order valence-corrected chi connectivity index (χ3v) is 10.1. The van der Waals surface area contributed by atoms with Gasteiger partial charge < -0.3 is 24.5 Å². The Bertz CT molecular complexity index is 961. The topological polar surface area (TPSA) is 110 Å². The molecule has 1 unspecified atom stereocenters. The maximum atomic E-state index is 15.6. The van der Waals surface area contributed by atoms with Gasteiger partial charge in [0, 0.05) is 18.3 Å². The highest BCUT2D eigenvalue weighted by atomic mass is 19.1. The van der Waals surface area contributed by atoms with Crippen LogP contribution in [0.25, 0.3) is 0 Å². The molecule has 0 spiro atoms. The predicted octanol–water partition coefficient (Wildman–Crippen LogP) is 3.23. The minimum atomic E-state index is -1.31. The molecule has 0 radical (unpaired) electrons. The van der Waals surface area contributed by atoms with Gasteiger partial charge in [-0.15, -0.1) is 0 Å². The molecule has 4 fully saturated rings. The summed E-state index contributed by atoms with van der Waals surface area (Å²) in [6.07, 6.45) is 0.893. The number of allylic oxidation sites excluding steroid dienone is 1. The van der Waals surface area contributed by atoms with Crippen LogP contribution in [0.3, 0.4) is 0 Å². The first-order valence-corrected chi connectivity index (χ1v) is 12.4. The van der Waals surface area contributed by atoms with Gasteiger partial charge in [-0.05, 0) is 74.3 Å². The molecular formula is C26H35FO7. The van der Waals surface area contributed by atoms with E-state index in [1.165, 1.54) is 6.08 Å². The lowest BCUT2D eigenvalue weighted by Gasteiger charge is -2.62. The highest BCUT2D eigenvalue weighted by molar-refractivity contribution is 5.92. The summed E-state index contributed by atoms with van der Waals surface area (Å²) in [7, 11) is 0. The van der Waals surface area contributed by atoms with Gasteiger partial charge in [0.25, 0.3) is 0 Å². The van der Waals surface area contributed by atoms with Crippen molar-refractivity contribution in [3.63, 3.8) is 0 Å². The lowest BCUT2D eigenvalue weighted by Crippen LogP contribution is -2.65. The molecule has 0 aromatic carbocycles. The van der Waals surface area contributed by atoms with E-state index in [-0.39, 0.29) is 42.8 Å². The van der Waals surface area contributed by atoms with Gasteiger partial charge in [-0.25, -0.2) is 4.39 Å². The van der Waals surface area contributed by atoms with E-state index >= 15 is 4.39 Å². The maximum absolute atomic E-state index is 15.6. The van der Waals surface area contributed by atoms with E-state index in [1.807, 2.05) is 13.8 Å². The Hall–Kier alpha value is -1.64. The van der Waals surface area contributed by atoms with Crippen molar-refractivity contribution in [2.75, 3.05) is 0 Å². The van der Waals surface area contributed by atoms with Gasteiger partial charge in [0.1, 0.15) is 18.1 Å². The van der Waals surface area contributed by atoms with Crippen molar-refractivity contribution in [2.24, 2.45) is 34.5 Å². The third-order valence-electron chi connectivity index (χ3n) is 10.1. The quantitative estimate of drug-likeness (QED) is 0.597. The Kier molecular flexibility index (Phi) is 5.26. The molecule has 5 rings (SSSR count). The van der Waals surface area contributed by atoms with Gasteiger partial charge in [0.2, 0.25) is 0 Å². The molecule has 0 aromatic rings. The minimum Gasteiger partial charge on any atom is -0.481 e. The summed E-state index contributed by atoms with van der Waals surface area (Å²) in [5, 5.41) is 21.8. The normalized spacial score (nSPS) is 49.8. The Morgan fingerprint density at radius 1 is 1.29 bits per heavy atom. The summed E-state index contributed by atoms with van der Waals surface area (Å²) in [6.45, 7) is 7.38. The van der Waals surface area contributed by atoms with Crippen molar-refractivity contribution in [1.29, 1.82) is 0 Å². The molecule has 0 bridgehead atoms. The lowest BCUT2D eigenvalue weighted by atomic mass is 9.44. The second-order valence-electron chi connectivity index (χ2n) is 12.1. The first kappa shape index (κ1) is 24.1. The number of carbonyl (C=O) groups excluding carboxylic acids is 2. The SMILES string of the molecule is CC1(C)O[C@@H]2C[C@H]3[C@@H]4C[C@H](F)C5=CC(=O)CC[C@]5(C)[C@H]4[C@@H](O)C[C@]3(C)[C@]2(C(CC=O)C(=O)O)O1. The van der Waals surface area contributed by atoms with Crippen molar-refractivity contribution >= 4 is 18.0 Å². The minimum absolute atomic E-state index is 0.0692. The van der Waals surface area contributed by atoms with E-state index in [1.54, 1.807) is 13.8 Å². The number of aliphatic hydroxyl groups excluding tert-OH is 1. The van der Waals surface area contributed by atoms with Crippen molar-refractivity contribution in [2.45, 2.75) is 96.0 Å². The molecule has 0 aromatic heterocycles. The van der Waals surface area contributed by atoms with Crippen molar-refractivity contribution < 1.29 is 38.5 Å². The zero-order valence-corrected chi connectivity index (χ0v) is 20.3. The van der Waals surface area contributed by atoms with E-state index in [4.69, 9.17) is 9.47 Å². The first-order valence-electron chi connectivity index (χ1n) is 12.4. The maximum Gasteiger partial charge on any atom is 0.310 e. The highest BCUT2D eigenvalue weighted by Gasteiger charge is 2.77. The fourth-order valence-electron chi connectivity index (χ4n) is 9.04. The van der Waals surface area contributed by atoms with Crippen LogP contribution in [-0.4, -0.2) is 58.0 Å². The molecule has 7 nitrogen and oxygen atoms in total. The van der Waals surface area contributed by atoms with Crippen molar-refractivity contribution in [3.8, 4) is 0 Å². The summed E-state index contributed by atoms with van der Waals surface area (Å²) in [6, 6.07) is 0. The number of carbonyl (C=O) groups is 3. The number of fused-ring (bicyclic) bond motifs is 7. The fourth-order valence-corrected chi connectivity index (χ4v) is 9.04. The monoisotopic (exact) mass is 478 g/mol. The van der Waals surface area contributed by atoms with Crippen molar-refractivity contribution in [3.05, 3.63) is 11.6 Å². The first-order chi connectivity index (χ1) is 15.8. The molecule has 3 saturated carbocycles. The van der Waals surface area contributed by atoms with Gasteiger partial charge in [0.05, 0.1) is 18.1 Å². The number of carboxylic acids is 1. The number of carboxylic acid groups (broad SMARTS) is 1. The van der Waals surface area contributed by atoms with Crippen molar-refractivity contribution in [1.82, 2.24) is 0 Å². The van der Waals surface area contributed by atoms with E-state index < -0.39 is 52.5 Å². The number of aliphatic carboxylic acids is 1. The molecule has 8 heteroatoms. The average molecular weight is 479 g/mol. The van der Waals surface area contributed by atoms with E-state index in [9.17, 15) is 24.6 Å². The summed E-state index contributed by atoms with van der Waals surface area (Å²) in [5.41, 5.74) is -2.28. The van der Waals surface area contributed by atoms with Gasteiger partial charge in [-0.3, -0.25) is 9.59 Å². The molecule has 34 heavy (non-hydrogen) atoms. The molecule has 1 aliphatic heterocycles. The zero-order valence-electron chi connectivity index (χ0n) is 20.3. The number of hydrogen-bond donors (Lipinski definition) is 2. The molecule has 2 N–H and O–H groups in total. The highest BCUT2D eigenvalue weighted by Crippen LogP contribution is 2.72. The number of hydrogen-bond acceptors (Lipinski definition) is 6. The summed E-state index contributed by atoms with van der Waals surface area (Å²) in [4.78, 5) is 36.1. The number of ether oxygens (including phenoxy) is 2. The zero-order chi connectivity index (χ0) is 24.8. The van der Waals surface area contributed by atoms with E-state index in [0.717, 1.165) is 0 Å². The lowest BCUT2D eigenvalue weighted by molar-refractivity contribution is -0.245. The van der Waals surface area contributed by atoms with Gasteiger partial charge in [0.15, 0.2) is 11.6 Å². The predicted molar refractivity (Wildman–Crippen MR) is 118 cm³/mol. The number of aldehydes is 1. The number of ketones is 1. The molecule has 5 aliphatic rings. The molecule has 1 heterocycles. The van der Waals surface area contributed by atoms with Crippen LogP contribution in [-0.2, 0) is 23.9 Å². The Balaban J connectivity index is 1.63. The molecule has 10 atom stereocenters. The Morgan fingerprint density at radius 2 is 2.00 bits per heavy atom. The number of rotatable bonds is 4. The van der Waals surface area contributed by atoms with Crippen LogP contribution in [0.5, 0.6) is 0 Å². The summed E-state index contributed by atoms with van der Waals surface area (Å²) >= 11 is 0. The standard InChI is InChI=1S/C26H35FO7/c1-23(2)33-20-11-16-14-10-18(27)17-9-13(29)5-7-24(17,3)21(14)19(30)12-25(16,4)26(20,34-23)15(6-8-28)22(31)32/h8-9,14-16,18-21,30H,5-7,10-12H2,1-4H3,(H,31,32)/t14-,15?,16-,18-,19-,20+,21+,24-,25-,26+/m0/s1. The van der Waals surface area contributed by atoms with Crippen LogP contribution < -0.4 is 0 Å². The molecule has 0 amide bonds. The summed E-state index contributed by atoms with van der Waals surface area (Å²) in [5.74, 6) is -3.99. The van der Waals surface area contributed by atoms with E-state index in [2.05, 4.69) is 0 Å². The fraction of sp³-hybridized carbons (Fsp3) is 0.808. The largest absolute Gasteiger partial charge is 0.481 e. The number of aliphatic hydroxyl groups is 1. The number of alkyl halides is 1.